The second kappa shape index (κ2) is 10.4. The molecule has 0 spiro atoms. The number of halogens is 1. The summed E-state index contributed by atoms with van der Waals surface area (Å²) in [6.45, 7) is 0. The van der Waals surface area contributed by atoms with Crippen LogP contribution in [0.15, 0.2) is 23.1 Å². The van der Waals surface area contributed by atoms with Crippen LogP contribution in [-0.4, -0.2) is 45.7 Å². The molecule has 1 aromatic carbocycles. The molecule has 1 atom stereocenters. The Hall–Kier alpha value is -1.67. The van der Waals surface area contributed by atoms with Crippen LogP contribution in [0, 0.1) is 0 Å². The third kappa shape index (κ3) is 5.09. The number of imide groups is 2. The largest absolute Gasteiger partial charge is 0.295 e. The quantitative estimate of drug-likeness (QED) is 0.237. The SMILES string of the molecule is O=C1CCC(N2C(=O)c3cccc(SCCCCCCCCBr)c3C2=O)C(=O)N1. The van der Waals surface area contributed by atoms with E-state index >= 15 is 0 Å². The molecule has 1 N–H and O–H groups in total. The Bertz CT molecular complexity index is 814. The molecule has 0 radical (unpaired) electrons. The first-order chi connectivity index (χ1) is 14.0. The predicted octanol–water partition coefficient (Wildman–Crippen LogP) is 3.92. The van der Waals surface area contributed by atoms with E-state index in [9.17, 15) is 19.2 Å². The highest BCUT2D eigenvalue weighted by atomic mass is 79.9. The van der Waals surface area contributed by atoms with Crippen molar-refractivity contribution in [2.45, 2.75) is 62.3 Å². The second-order valence-corrected chi connectivity index (χ2v) is 9.21. The van der Waals surface area contributed by atoms with Gasteiger partial charge in [-0.05, 0) is 37.1 Å². The van der Waals surface area contributed by atoms with Crippen LogP contribution in [0.1, 0.15) is 72.1 Å². The molecule has 8 heteroatoms. The van der Waals surface area contributed by atoms with Crippen molar-refractivity contribution in [1.82, 2.24) is 10.2 Å². The molecule has 1 saturated heterocycles. The van der Waals surface area contributed by atoms with Gasteiger partial charge in [0.15, 0.2) is 0 Å². The molecule has 3 rings (SSSR count). The van der Waals surface area contributed by atoms with Gasteiger partial charge in [0, 0.05) is 16.6 Å². The molecule has 29 heavy (non-hydrogen) atoms. The summed E-state index contributed by atoms with van der Waals surface area (Å²) < 4.78 is 0. The van der Waals surface area contributed by atoms with E-state index in [1.165, 1.54) is 25.7 Å². The van der Waals surface area contributed by atoms with E-state index in [4.69, 9.17) is 0 Å². The second-order valence-electron chi connectivity index (χ2n) is 7.28. The van der Waals surface area contributed by atoms with E-state index in [0.717, 1.165) is 33.7 Å². The number of nitrogens with zero attached hydrogens (tertiary/aromatic N) is 1. The van der Waals surface area contributed by atoms with Gasteiger partial charge in [0.05, 0.1) is 11.1 Å². The average Bonchev–Trinajstić information content (AvgIpc) is 2.95. The summed E-state index contributed by atoms with van der Waals surface area (Å²) in [6.07, 6.45) is 7.42. The fourth-order valence-corrected chi connectivity index (χ4v) is 5.17. The number of hydrogen-bond acceptors (Lipinski definition) is 5. The molecule has 6 nitrogen and oxygen atoms in total. The number of benzene rings is 1. The van der Waals surface area contributed by atoms with Crippen LogP contribution in [0.25, 0.3) is 0 Å². The van der Waals surface area contributed by atoms with Crippen LogP contribution < -0.4 is 5.32 Å². The van der Waals surface area contributed by atoms with E-state index < -0.39 is 23.8 Å². The highest BCUT2D eigenvalue weighted by molar-refractivity contribution is 9.09. The number of rotatable bonds is 10. The number of carbonyl (C=O) groups is 4. The van der Waals surface area contributed by atoms with E-state index in [0.29, 0.717) is 11.1 Å². The zero-order chi connectivity index (χ0) is 20.8. The van der Waals surface area contributed by atoms with Crippen LogP contribution in [0.2, 0.25) is 0 Å². The van der Waals surface area contributed by atoms with Gasteiger partial charge in [-0.15, -0.1) is 11.8 Å². The lowest BCUT2D eigenvalue weighted by atomic mass is 10.0. The number of fused-ring (bicyclic) bond motifs is 1. The van der Waals surface area contributed by atoms with Crippen molar-refractivity contribution < 1.29 is 19.2 Å². The van der Waals surface area contributed by atoms with E-state index in [1.54, 1.807) is 23.9 Å². The van der Waals surface area contributed by atoms with Crippen LogP contribution in [-0.2, 0) is 9.59 Å². The third-order valence-electron chi connectivity index (χ3n) is 5.22. The molecule has 1 fully saturated rings. The van der Waals surface area contributed by atoms with Gasteiger partial charge in [-0.2, -0.15) is 0 Å². The lowest BCUT2D eigenvalue weighted by Crippen LogP contribution is -2.54. The summed E-state index contributed by atoms with van der Waals surface area (Å²) in [5.74, 6) is -0.948. The minimum Gasteiger partial charge on any atom is -0.295 e. The molecule has 2 heterocycles. The van der Waals surface area contributed by atoms with Crippen LogP contribution in [0.4, 0.5) is 0 Å². The number of alkyl halides is 1. The summed E-state index contributed by atoms with van der Waals surface area (Å²) in [5.41, 5.74) is 0.740. The summed E-state index contributed by atoms with van der Waals surface area (Å²) >= 11 is 5.03. The highest BCUT2D eigenvalue weighted by Gasteiger charge is 2.45. The normalized spacial score (nSPS) is 18.9. The Morgan fingerprint density at radius 3 is 2.45 bits per heavy atom. The van der Waals surface area contributed by atoms with E-state index in [1.807, 2.05) is 6.07 Å². The summed E-state index contributed by atoms with van der Waals surface area (Å²) in [4.78, 5) is 51.2. The van der Waals surface area contributed by atoms with Gasteiger partial charge in [0.1, 0.15) is 6.04 Å². The summed E-state index contributed by atoms with van der Waals surface area (Å²) in [6, 6.07) is 4.35. The van der Waals surface area contributed by atoms with Crippen molar-refractivity contribution in [3.05, 3.63) is 29.3 Å². The molecule has 0 bridgehead atoms. The maximum Gasteiger partial charge on any atom is 0.263 e. The van der Waals surface area contributed by atoms with Gasteiger partial charge in [-0.25, -0.2) is 0 Å². The minimum atomic E-state index is -0.919. The first kappa shape index (κ1) is 22.0. The zero-order valence-electron chi connectivity index (χ0n) is 16.2. The maximum atomic E-state index is 13.0. The number of thioether (sulfide) groups is 1. The average molecular weight is 481 g/mol. The monoisotopic (exact) mass is 480 g/mol. The molecule has 4 amide bonds. The fourth-order valence-electron chi connectivity index (χ4n) is 3.69. The molecule has 1 aromatic rings. The number of amides is 4. The molecule has 2 aliphatic heterocycles. The minimum absolute atomic E-state index is 0.126. The number of unbranched alkanes of at least 4 members (excludes halogenated alkanes) is 5. The lowest BCUT2D eigenvalue weighted by molar-refractivity contribution is -0.136. The van der Waals surface area contributed by atoms with Crippen molar-refractivity contribution in [3.63, 3.8) is 0 Å². The Morgan fingerprint density at radius 1 is 1.00 bits per heavy atom. The smallest absolute Gasteiger partial charge is 0.263 e. The van der Waals surface area contributed by atoms with Crippen molar-refractivity contribution in [2.24, 2.45) is 0 Å². The standard InChI is InChI=1S/C21H25BrN2O4S/c22-12-5-3-1-2-4-6-13-29-16-9-7-8-14-18(16)21(28)24(20(14)27)15-10-11-17(25)23-19(15)26/h7-9,15H,1-6,10-13H2,(H,23,25,26). The molecule has 156 valence electrons. The van der Waals surface area contributed by atoms with Gasteiger partial charge < -0.3 is 0 Å². The van der Waals surface area contributed by atoms with E-state index in [-0.39, 0.29) is 18.7 Å². The number of piperidine rings is 1. The number of hydrogen-bond donors (Lipinski definition) is 1. The Morgan fingerprint density at radius 2 is 1.72 bits per heavy atom. The van der Waals surface area contributed by atoms with Crippen LogP contribution >= 0.6 is 27.7 Å². The first-order valence-corrected chi connectivity index (χ1v) is 12.2. The van der Waals surface area contributed by atoms with Crippen molar-refractivity contribution in [2.75, 3.05) is 11.1 Å². The van der Waals surface area contributed by atoms with Gasteiger partial charge >= 0.3 is 0 Å². The molecule has 0 aromatic heterocycles. The first-order valence-electron chi connectivity index (χ1n) is 10.1. The van der Waals surface area contributed by atoms with Gasteiger partial charge in [-0.3, -0.25) is 29.4 Å². The number of carbonyl (C=O) groups excluding carboxylic acids is 4. The topological polar surface area (TPSA) is 83.6 Å². The summed E-state index contributed by atoms with van der Waals surface area (Å²) in [7, 11) is 0. The van der Waals surface area contributed by atoms with Gasteiger partial charge in [0.2, 0.25) is 11.8 Å². The Balaban J connectivity index is 1.61. The van der Waals surface area contributed by atoms with E-state index in [2.05, 4.69) is 21.2 Å². The van der Waals surface area contributed by atoms with Gasteiger partial charge in [0.25, 0.3) is 11.8 Å². The Kier molecular flexibility index (Phi) is 7.89. The molecule has 2 aliphatic rings. The van der Waals surface area contributed by atoms with Crippen LogP contribution in [0.3, 0.4) is 0 Å². The number of nitrogens with one attached hydrogen (secondary N) is 1. The zero-order valence-corrected chi connectivity index (χ0v) is 18.6. The highest BCUT2D eigenvalue weighted by Crippen LogP contribution is 2.34. The fraction of sp³-hybridized carbons (Fsp3) is 0.524. The van der Waals surface area contributed by atoms with Crippen molar-refractivity contribution >= 4 is 51.3 Å². The van der Waals surface area contributed by atoms with Crippen LogP contribution in [0.5, 0.6) is 0 Å². The van der Waals surface area contributed by atoms with Gasteiger partial charge in [-0.1, -0.05) is 47.7 Å². The molecular weight excluding hydrogens is 456 g/mol. The molecule has 0 aliphatic carbocycles. The van der Waals surface area contributed by atoms with Crippen molar-refractivity contribution in [1.29, 1.82) is 0 Å². The lowest BCUT2D eigenvalue weighted by Gasteiger charge is -2.27. The molecule has 1 unspecified atom stereocenters. The molecular formula is C21H25BrN2O4S. The third-order valence-corrected chi connectivity index (χ3v) is 6.92. The maximum absolute atomic E-state index is 13.0. The molecule has 0 saturated carbocycles. The van der Waals surface area contributed by atoms with Crippen molar-refractivity contribution in [3.8, 4) is 0 Å². The Labute approximate surface area is 183 Å². The predicted molar refractivity (Wildman–Crippen MR) is 115 cm³/mol. The summed E-state index contributed by atoms with van der Waals surface area (Å²) in [5, 5.41) is 3.28.